The zero-order valence-corrected chi connectivity index (χ0v) is 20.2. The second-order valence-corrected chi connectivity index (χ2v) is 9.51. The minimum atomic E-state index is -5.04. The summed E-state index contributed by atoms with van der Waals surface area (Å²) in [6, 6.07) is 5.61. The summed E-state index contributed by atoms with van der Waals surface area (Å²) in [5.41, 5.74) is -2.88. The van der Waals surface area contributed by atoms with Gasteiger partial charge in [0.2, 0.25) is 5.91 Å². The maximum Gasteiger partial charge on any atom is 0.416 e. The average molecular weight is 567 g/mol. The molecule has 14 heteroatoms. The van der Waals surface area contributed by atoms with Gasteiger partial charge in [-0.1, -0.05) is 12.1 Å². The second-order valence-electron chi connectivity index (χ2n) is 8.91. The predicted octanol–water partition coefficient (Wildman–Crippen LogP) is 5.75. The van der Waals surface area contributed by atoms with Crippen LogP contribution in [0.5, 0.6) is 0 Å². The summed E-state index contributed by atoms with van der Waals surface area (Å²) in [7, 11) is 0. The van der Waals surface area contributed by atoms with E-state index in [2.05, 4.69) is 0 Å². The molecule has 0 spiro atoms. The first-order valence-corrected chi connectivity index (χ1v) is 12.2. The normalized spacial score (nSPS) is 23.6. The third kappa shape index (κ3) is 6.02. The molecule has 0 radical (unpaired) electrons. The summed E-state index contributed by atoms with van der Waals surface area (Å²) in [5.74, 6) is -1.96. The van der Waals surface area contributed by atoms with E-state index in [0.29, 0.717) is 17.7 Å². The molecule has 1 saturated heterocycles. The van der Waals surface area contributed by atoms with Crippen molar-refractivity contribution in [2.75, 3.05) is 6.54 Å². The molecule has 0 aromatic heterocycles. The van der Waals surface area contributed by atoms with E-state index in [-0.39, 0.29) is 30.4 Å². The van der Waals surface area contributed by atoms with Gasteiger partial charge in [-0.25, -0.2) is 4.39 Å². The van der Waals surface area contributed by atoms with Crippen molar-refractivity contribution >= 4 is 17.3 Å². The monoisotopic (exact) mass is 567 g/mol. The van der Waals surface area contributed by atoms with Crippen LogP contribution in [0.4, 0.5) is 30.7 Å². The molecule has 2 aromatic rings. The van der Waals surface area contributed by atoms with Crippen molar-refractivity contribution < 1.29 is 53.2 Å². The van der Waals surface area contributed by atoms with E-state index in [1.54, 1.807) is 0 Å². The van der Waals surface area contributed by atoms with Crippen molar-refractivity contribution in [1.29, 1.82) is 0 Å². The molecule has 6 nitrogen and oxygen atoms in total. The van der Waals surface area contributed by atoms with Gasteiger partial charge < -0.3 is 13.8 Å². The number of ether oxygens (including phenoxy) is 1. The minimum absolute atomic E-state index is 0.0182. The first-order valence-electron chi connectivity index (χ1n) is 11.1. The molecule has 5 atom stereocenters. The Morgan fingerprint density at radius 2 is 1.61 bits per heavy atom. The van der Waals surface area contributed by atoms with E-state index >= 15 is 0 Å². The minimum Gasteiger partial charge on any atom is -0.384 e. The average Bonchev–Trinajstić information content (AvgIpc) is 3.16. The number of alkyl halides is 6. The Labute approximate surface area is 214 Å². The van der Waals surface area contributed by atoms with Crippen LogP contribution in [0, 0.1) is 5.82 Å². The molecule has 2 aromatic carbocycles. The third-order valence-electron chi connectivity index (χ3n) is 6.46. The molecule has 0 saturated carbocycles. The van der Waals surface area contributed by atoms with Crippen molar-refractivity contribution in [3.8, 4) is 0 Å². The molecular formula is C24H20F7NO5S. The number of amides is 1. The van der Waals surface area contributed by atoms with Crippen LogP contribution < -0.4 is 0 Å². The van der Waals surface area contributed by atoms with Crippen LogP contribution in [-0.2, 0) is 37.4 Å². The fourth-order valence-electron chi connectivity index (χ4n) is 4.81. The van der Waals surface area contributed by atoms with Crippen LogP contribution in [0.15, 0.2) is 54.3 Å². The number of hydrogen-bond donors (Lipinski definition) is 1. The number of rotatable bonds is 6. The van der Waals surface area contributed by atoms with E-state index in [1.165, 1.54) is 24.0 Å². The topological polar surface area (TPSA) is 76.1 Å². The Morgan fingerprint density at radius 3 is 2.13 bits per heavy atom. The van der Waals surface area contributed by atoms with E-state index in [0.717, 1.165) is 18.2 Å². The molecule has 4 rings (SSSR count). The Morgan fingerprint density at radius 1 is 1.03 bits per heavy atom. The smallest absolute Gasteiger partial charge is 0.384 e. The molecule has 0 aliphatic carbocycles. The molecule has 2 heterocycles. The van der Waals surface area contributed by atoms with Gasteiger partial charge in [0.25, 0.3) is 0 Å². The van der Waals surface area contributed by atoms with E-state index in [9.17, 15) is 39.7 Å². The lowest BCUT2D eigenvalue weighted by Crippen LogP contribution is -2.40. The Kier molecular flexibility index (Phi) is 7.60. The summed E-state index contributed by atoms with van der Waals surface area (Å²) in [5, 5.41) is 0. The molecule has 1 N–H and O–H groups in total. The molecular weight excluding hydrogens is 547 g/mol. The molecule has 206 valence electrons. The van der Waals surface area contributed by atoms with Crippen LogP contribution in [0.1, 0.15) is 47.6 Å². The van der Waals surface area contributed by atoms with Crippen LogP contribution >= 0.6 is 0 Å². The Hall–Kier alpha value is -2.97. The first kappa shape index (κ1) is 28.0. The van der Waals surface area contributed by atoms with Gasteiger partial charge in [0.1, 0.15) is 11.6 Å². The predicted molar refractivity (Wildman–Crippen MR) is 119 cm³/mol. The summed E-state index contributed by atoms with van der Waals surface area (Å²) in [6.45, 7) is 1.20. The van der Waals surface area contributed by atoms with Gasteiger partial charge in [-0.05, 0) is 48.4 Å². The van der Waals surface area contributed by atoms with E-state index in [4.69, 9.17) is 13.5 Å². The molecule has 38 heavy (non-hydrogen) atoms. The highest BCUT2D eigenvalue weighted by molar-refractivity contribution is 7.74. The van der Waals surface area contributed by atoms with Crippen molar-refractivity contribution in [2.45, 2.75) is 49.9 Å². The third-order valence-corrected chi connectivity index (χ3v) is 6.82. The van der Waals surface area contributed by atoms with Gasteiger partial charge in [-0.2, -0.15) is 30.6 Å². The number of hydrogen-bond acceptors (Lipinski definition) is 4. The fourth-order valence-corrected chi connectivity index (χ4v) is 5.11. The van der Waals surface area contributed by atoms with Crippen LogP contribution in [0.3, 0.4) is 0 Å². The SMILES string of the molecule is C[C@@H](O[C@H]1CN2C(=O)C=C(OS(=O)O)CC2[C@@H]1c1ccc(F)cc1)c1cc(C(F)(F)F)cc(C(F)(F)F)c1. The number of carbonyl (C=O) groups is 1. The van der Waals surface area contributed by atoms with Gasteiger partial charge in [0, 0.05) is 31.0 Å². The highest BCUT2D eigenvalue weighted by Gasteiger charge is 2.48. The fraction of sp³-hybridized carbons (Fsp3) is 0.375. The van der Waals surface area contributed by atoms with Gasteiger partial charge >= 0.3 is 23.7 Å². The second kappa shape index (κ2) is 10.3. The summed E-state index contributed by atoms with van der Waals surface area (Å²) in [6.07, 6.45) is -11.3. The first-order chi connectivity index (χ1) is 17.6. The number of nitrogens with zero attached hydrogens (tertiary/aromatic N) is 1. The Balaban J connectivity index is 1.69. The summed E-state index contributed by atoms with van der Waals surface area (Å²) < 4.78 is 125. The van der Waals surface area contributed by atoms with Crippen molar-refractivity contribution in [2.24, 2.45) is 0 Å². The summed E-state index contributed by atoms with van der Waals surface area (Å²) >= 11 is -2.71. The van der Waals surface area contributed by atoms with Crippen molar-refractivity contribution in [1.82, 2.24) is 4.90 Å². The lowest BCUT2D eigenvalue weighted by molar-refractivity contribution is -0.143. The molecule has 2 aliphatic rings. The van der Waals surface area contributed by atoms with Crippen LogP contribution in [0.2, 0.25) is 0 Å². The summed E-state index contributed by atoms with van der Waals surface area (Å²) in [4.78, 5) is 14.1. The maximum absolute atomic E-state index is 13.6. The van der Waals surface area contributed by atoms with E-state index in [1.807, 2.05) is 0 Å². The quantitative estimate of drug-likeness (QED) is 0.356. The lowest BCUT2D eigenvalue weighted by Gasteiger charge is -2.31. The van der Waals surface area contributed by atoms with Crippen molar-refractivity contribution in [3.05, 3.63) is 82.4 Å². The van der Waals surface area contributed by atoms with Gasteiger partial charge in [0.05, 0.1) is 23.3 Å². The maximum atomic E-state index is 13.6. The highest BCUT2D eigenvalue weighted by atomic mass is 32.2. The lowest BCUT2D eigenvalue weighted by atomic mass is 9.86. The number of benzene rings is 2. The number of halogens is 7. The zero-order chi connectivity index (χ0) is 28.0. The highest BCUT2D eigenvalue weighted by Crippen LogP contribution is 2.44. The van der Waals surface area contributed by atoms with Gasteiger partial charge in [0.15, 0.2) is 0 Å². The largest absolute Gasteiger partial charge is 0.416 e. The van der Waals surface area contributed by atoms with Crippen molar-refractivity contribution in [3.63, 3.8) is 0 Å². The number of fused-ring (bicyclic) bond motifs is 1. The van der Waals surface area contributed by atoms with Crippen LogP contribution in [0.25, 0.3) is 0 Å². The molecule has 1 amide bonds. The molecule has 2 unspecified atom stereocenters. The molecule has 0 bridgehead atoms. The zero-order valence-electron chi connectivity index (χ0n) is 19.4. The van der Waals surface area contributed by atoms with Gasteiger partial charge in [-0.15, -0.1) is 0 Å². The molecule has 1 fully saturated rings. The van der Waals surface area contributed by atoms with E-state index < -0.39 is 70.7 Å². The van der Waals surface area contributed by atoms with Crippen LogP contribution in [-0.4, -0.2) is 38.3 Å². The Bertz CT molecular complexity index is 1230. The van der Waals surface area contributed by atoms with Gasteiger partial charge in [-0.3, -0.25) is 9.35 Å². The molecule has 2 aliphatic heterocycles. The number of carbonyl (C=O) groups excluding carboxylic acids is 1. The standard InChI is InChI=1S/C24H20F7NO5S/c1-12(14-6-15(23(26,27)28)8-16(7-14)24(29,30)31)36-20-11-32-19(9-18(10-21(32)33)37-38(34)35)22(20)13-2-4-17(25)5-3-13/h2-8,10,12,19-20,22H,9,11H2,1H3,(H,34,35)/t12-,19?,20+,22+/m1/s1.